The zero-order chi connectivity index (χ0) is 15.2. The third-order valence-corrected chi connectivity index (χ3v) is 4.38. The minimum atomic E-state index is -0.228. The van der Waals surface area contributed by atoms with E-state index in [2.05, 4.69) is 11.8 Å². The molecule has 1 fully saturated rings. The Morgan fingerprint density at radius 1 is 1.48 bits per heavy atom. The van der Waals surface area contributed by atoms with Gasteiger partial charge in [0.05, 0.1) is 13.0 Å². The molecule has 0 radical (unpaired) electrons. The Labute approximate surface area is 127 Å². The second-order valence-electron chi connectivity index (χ2n) is 4.71. The summed E-state index contributed by atoms with van der Waals surface area (Å²) in [4.78, 5) is 26.3. The first-order valence-electron chi connectivity index (χ1n) is 6.71. The van der Waals surface area contributed by atoms with E-state index in [0.717, 1.165) is 0 Å². The second-order valence-corrected chi connectivity index (χ2v) is 5.63. The lowest BCUT2D eigenvalue weighted by Gasteiger charge is -2.30. The number of hydrogen-bond donors (Lipinski definition) is 1. The molecule has 0 aliphatic carbocycles. The number of carbonyl (C=O) groups excluding carboxylic acids is 2. The Morgan fingerprint density at radius 2 is 2.19 bits per heavy atom. The second kappa shape index (κ2) is 7.25. The van der Waals surface area contributed by atoms with Crippen LogP contribution >= 0.6 is 11.3 Å². The highest BCUT2D eigenvalue weighted by atomic mass is 32.1. The first-order valence-corrected chi connectivity index (χ1v) is 7.59. The third kappa shape index (κ3) is 3.63. The maximum absolute atomic E-state index is 12.5. The van der Waals surface area contributed by atoms with E-state index >= 15 is 0 Å². The highest BCUT2D eigenvalue weighted by molar-refractivity contribution is 7.12. The molecular formula is C15H17NO4S. The van der Waals surface area contributed by atoms with Crippen LogP contribution in [0.15, 0.2) is 11.4 Å². The van der Waals surface area contributed by atoms with Gasteiger partial charge in [-0.15, -0.1) is 11.3 Å². The number of carbonyl (C=O) groups is 2. The minimum Gasteiger partial charge on any atom is -0.469 e. The summed E-state index contributed by atoms with van der Waals surface area (Å²) in [6.45, 7) is 0.862. The number of piperidine rings is 1. The van der Waals surface area contributed by atoms with E-state index in [-0.39, 0.29) is 24.4 Å². The van der Waals surface area contributed by atoms with Gasteiger partial charge in [-0.2, -0.15) is 0 Å². The molecule has 5 nitrogen and oxygen atoms in total. The van der Waals surface area contributed by atoms with Crippen LogP contribution in [0.3, 0.4) is 0 Å². The summed E-state index contributed by atoms with van der Waals surface area (Å²) in [5.41, 5.74) is 0.647. The average Bonchev–Trinajstić information content (AvgIpc) is 3.00. The lowest BCUT2D eigenvalue weighted by Crippen LogP contribution is -2.40. The zero-order valence-electron chi connectivity index (χ0n) is 11.8. The van der Waals surface area contributed by atoms with Gasteiger partial charge in [-0.25, -0.2) is 0 Å². The van der Waals surface area contributed by atoms with Gasteiger partial charge in [0.2, 0.25) is 0 Å². The summed E-state index contributed by atoms with van der Waals surface area (Å²) < 4.78 is 4.74. The molecule has 0 unspecified atom stereocenters. The molecule has 1 N–H and O–H groups in total. The maximum Gasteiger partial charge on any atom is 0.308 e. The van der Waals surface area contributed by atoms with Crippen molar-refractivity contribution in [1.29, 1.82) is 0 Å². The van der Waals surface area contributed by atoms with Crippen molar-refractivity contribution < 1.29 is 19.4 Å². The smallest absolute Gasteiger partial charge is 0.308 e. The highest BCUT2D eigenvalue weighted by Gasteiger charge is 2.29. The van der Waals surface area contributed by atoms with E-state index < -0.39 is 0 Å². The molecule has 1 aromatic heterocycles. The molecule has 0 spiro atoms. The first kappa shape index (κ1) is 15.5. The quantitative estimate of drug-likeness (QED) is 0.657. The van der Waals surface area contributed by atoms with Gasteiger partial charge in [0.15, 0.2) is 0 Å². The van der Waals surface area contributed by atoms with Gasteiger partial charge in [-0.1, -0.05) is 11.8 Å². The van der Waals surface area contributed by atoms with Crippen molar-refractivity contribution in [3.8, 4) is 11.8 Å². The van der Waals surface area contributed by atoms with E-state index in [9.17, 15) is 9.59 Å². The highest BCUT2D eigenvalue weighted by Crippen LogP contribution is 2.23. The number of nitrogens with zero attached hydrogens (tertiary/aromatic N) is 1. The fourth-order valence-electron chi connectivity index (χ4n) is 2.34. The normalized spacial score (nSPS) is 15.2. The van der Waals surface area contributed by atoms with Crippen molar-refractivity contribution in [3.63, 3.8) is 0 Å². The number of ether oxygens (including phenoxy) is 1. The van der Waals surface area contributed by atoms with Crippen molar-refractivity contribution in [2.45, 2.75) is 12.8 Å². The Balaban J connectivity index is 2.02. The summed E-state index contributed by atoms with van der Waals surface area (Å²) in [6.07, 6.45) is 1.25. The van der Waals surface area contributed by atoms with Gasteiger partial charge in [0, 0.05) is 18.7 Å². The van der Waals surface area contributed by atoms with Crippen LogP contribution in [0.4, 0.5) is 0 Å². The zero-order valence-corrected chi connectivity index (χ0v) is 12.6. The molecule has 1 amide bonds. The lowest BCUT2D eigenvalue weighted by molar-refractivity contribution is -0.146. The van der Waals surface area contributed by atoms with Crippen molar-refractivity contribution >= 4 is 23.2 Å². The summed E-state index contributed by atoms with van der Waals surface area (Å²) in [7, 11) is 1.39. The summed E-state index contributed by atoms with van der Waals surface area (Å²) in [5, 5.41) is 10.6. The number of aliphatic hydroxyl groups is 1. The maximum atomic E-state index is 12.5. The first-order chi connectivity index (χ1) is 10.2. The fourth-order valence-corrected chi connectivity index (χ4v) is 3.15. The van der Waals surface area contributed by atoms with Crippen molar-refractivity contribution in [1.82, 2.24) is 4.90 Å². The van der Waals surface area contributed by atoms with Gasteiger partial charge in [-0.3, -0.25) is 9.59 Å². The van der Waals surface area contributed by atoms with Crippen molar-refractivity contribution in [2.24, 2.45) is 5.92 Å². The topological polar surface area (TPSA) is 66.8 Å². The van der Waals surface area contributed by atoms with Crippen LogP contribution in [0.2, 0.25) is 0 Å². The van der Waals surface area contributed by atoms with E-state index in [1.54, 1.807) is 11.0 Å². The van der Waals surface area contributed by atoms with Crippen LogP contribution in [-0.2, 0) is 9.53 Å². The summed E-state index contributed by atoms with van der Waals surface area (Å²) in [5.74, 6) is 4.97. The van der Waals surface area contributed by atoms with Gasteiger partial charge < -0.3 is 14.7 Å². The van der Waals surface area contributed by atoms with Gasteiger partial charge in [-0.05, 0) is 24.3 Å². The van der Waals surface area contributed by atoms with Crippen molar-refractivity contribution in [2.75, 3.05) is 26.8 Å². The monoisotopic (exact) mass is 307 g/mol. The SMILES string of the molecule is COC(=O)C1CCN(C(=O)c2sccc2C#CCO)CC1. The molecule has 6 heteroatoms. The summed E-state index contributed by atoms with van der Waals surface area (Å²) in [6, 6.07) is 1.78. The van der Waals surface area contributed by atoms with E-state index in [1.807, 2.05) is 5.38 Å². The van der Waals surface area contributed by atoms with E-state index in [4.69, 9.17) is 9.84 Å². The summed E-state index contributed by atoms with van der Waals surface area (Å²) >= 11 is 1.35. The van der Waals surface area contributed by atoms with Crippen LogP contribution in [-0.4, -0.2) is 48.7 Å². The molecule has 0 atom stereocenters. The largest absolute Gasteiger partial charge is 0.469 e. The molecule has 0 bridgehead atoms. The number of methoxy groups -OCH3 is 1. The van der Waals surface area contributed by atoms with Crippen LogP contribution in [0.5, 0.6) is 0 Å². The standard InChI is InChI=1S/C15H17NO4S/c1-20-15(19)12-4-7-16(8-5-12)14(18)13-11(3-2-9-17)6-10-21-13/h6,10,12,17H,4-5,7-9H2,1H3. The van der Waals surface area contributed by atoms with Gasteiger partial charge in [0.25, 0.3) is 5.91 Å². The molecule has 1 saturated heterocycles. The predicted octanol–water partition coefficient (Wildman–Crippen LogP) is 1.12. The van der Waals surface area contributed by atoms with Crippen LogP contribution in [0, 0.1) is 17.8 Å². The third-order valence-electron chi connectivity index (χ3n) is 3.48. The van der Waals surface area contributed by atoms with Gasteiger partial charge in [0.1, 0.15) is 11.5 Å². The number of amides is 1. The molecule has 112 valence electrons. The molecule has 21 heavy (non-hydrogen) atoms. The molecule has 1 aliphatic rings. The lowest BCUT2D eigenvalue weighted by atomic mass is 9.97. The number of hydrogen-bond acceptors (Lipinski definition) is 5. The van der Waals surface area contributed by atoms with Crippen LogP contribution in [0.1, 0.15) is 28.1 Å². The number of rotatable bonds is 2. The van der Waals surface area contributed by atoms with E-state index in [1.165, 1.54) is 18.4 Å². The Bertz CT molecular complexity index is 576. The molecule has 1 aromatic rings. The Morgan fingerprint density at radius 3 is 2.81 bits per heavy atom. The molecular weight excluding hydrogens is 290 g/mol. The molecule has 0 saturated carbocycles. The van der Waals surface area contributed by atoms with Crippen molar-refractivity contribution in [3.05, 3.63) is 21.9 Å². The predicted molar refractivity (Wildman–Crippen MR) is 78.9 cm³/mol. The molecule has 2 heterocycles. The minimum absolute atomic E-state index is 0.0597. The van der Waals surface area contributed by atoms with Crippen LogP contribution in [0.25, 0.3) is 0 Å². The Kier molecular flexibility index (Phi) is 5.37. The van der Waals surface area contributed by atoms with E-state index in [0.29, 0.717) is 36.4 Å². The Hall–Kier alpha value is -1.84. The fraction of sp³-hybridized carbons (Fsp3) is 0.467. The molecule has 2 rings (SSSR count). The average molecular weight is 307 g/mol. The van der Waals surface area contributed by atoms with Crippen LogP contribution < -0.4 is 0 Å². The number of esters is 1. The number of aliphatic hydroxyl groups excluding tert-OH is 1. The number of thiophene rings is 1. The van der Waals surface area contributed by atoms with Gasteiger partial charge >= 0.3 is 5.97 Å². The molecule has 0 aromatic carbocycles. The molecule has 1 aliphatic heterocycles. The number of likely N-dealkylation sites (tertiary alicyclic amines) is 1.